The summed E-state index contributed by atoms with van der Waals surface area (Å²) in [4.78, 5) is 37.0. The Labute approximate surface area is 141 Å². The normalized spacial score (nSPS) is 20.2. The number of alkyl carbamates (subject to hydrolysis) is 1. The number of carbonyl (C=O) groups is 3. The summed E-state index contributed by atoms with van der Waals surface area (Å²) in [5.41, 5.74) is 1.46. The molecule has 1 aliphatic heterocycles. The van der Waals surface area contributed by atoms with Crippen molar-refractivity contribution in [2.45, 2.75) is 44.8 Å². The summed E-state index contributed by atoms with van der Waals surface area (Å²) in [6.45, 7) is 1.76. The molecular weight excluding hydrogens is 308 g/mol. The maximum atomic E-state index is 12.4. The molecule has 1 aliphatic carbocycles. The maximum absolute atomic E-state index is 12.4. The molecule has 2 amide bonds. The van der Waals surface area contributed by atoms with Gasteiger partial charge in [-0.1, -0.05) is 12.1 Å². The summed E-state index contributed by atoms with van der Waals surface area (Å²) in [7, 11) is 0. The van der Waals surface area contributed by atoms with Gasteiger partial charge >= 0.3 is 6.09 Å². The second kappa shape index (κ2) is 7.47. The number of ether oxygens (including phenoxy) is 1. The van der Waals surface area contributed by atoms with E-state index in [0.29, 0.717) is 18.4 Å². The van der Waals surface area contributed by atoms with Crippen LogP contribution in [0.15, 0.2) is 24.3 Å². The average molecular weight is 330 g/mol. The van der Waals surface area contributed by atoms with E-state index in [1.165, 1.54) is 6.42 Å². The zero-order valence-electron chi connectivity index (χ0n) is 13.6. The Morgan fingerprint density at radius 3 is 2.42 bits per heavy atom. The van der Waals surface area contributed by atoms with Gasteiger partial charge in [-0.3, -0.25) is 9.59 Å². The van der Waals surface area contributed by atoms with Gasteiger partial charge in [-0.2, -0.15) is 0 Å². The Hall–Kier alpha value is -2.37. The molecule has 0 radical (unpaired) electrons. The summed E-state index contributed by atoms with van der Waals surface area (Å²) in [6.07, 6.45) is 3.95. The Balaban J connectivity index is 1.48. The minimum absolute atomic E-state index is 0.0486. The highest BCUT2D eigenvalue weighted by Crippen LogP contribution is 2.15. The van der Waals surface area contributed by atoms with E-state index in [1.807, 2.05) is 4.90 Å². The van der Waals surface area contributed by atoms with Crippen LogP contribution in [0.2, 0.25) is 0 Å². The largest absolute Gasteiger partial charge is 0.445 e. The predicted octanol–water partition coefficient (Wildman–Crippen LogP) is 2.27. The van der Waals surface area contributed by atoms with Gasteiger partial charge in [-0.05, 0) is 43.4 Å². The summed E-state index contributed by atoms with van der Waals surface area (Å²) in [5.74, 6) is 0.107. The topological polar surface area (TPSA) is 75.7 Å². The molecule has 1 heterocycles. The molecule has 0 aromatic heterocycles. The number of ketones is 1. The van der Waals surface area contributed by atoms with Crippen LogP contribution in [0.1, 0.15) is 48.0 Å². The van der Waals surface area contributed by atoms with Crippen molar-refractivity contribution in [2.24, 2.45) is 0 Å². The predicted molar refractivity (Wildman–Crippen MR) is 87.5 cm³/mol. The fourth-order valence-corrected chi connectivity index (χ4v) is 2.92. The fourth-order valence-electron chi connectivity index (χ4n) is 2.92. The van der Waals surface area contributed by atoms with Gasteiger partial charge in [0.2, 0.25) is 0 Å². The number of hydrogen-bond acceptors (Lipinski definition) is 4. The van der Waals surface area contributed by atoms with Crippen LogP contribution in [-0.2, 0) is 16.1 Å². The van der Waals surface area contributed by atoms with Gasteiger partial charge in [-0.15, -0.1) is 0 Å². The standard InChI is InChI=1S/C18H22N2O4/c21-16-9-8-15(16)19-18(23)24-12-13-4-6-14(7-5-13)17(22)20-10-2-1-3-11-20/h4-7,15H,1-3,8-12H2,(H,19,23)/t15-/m0/s1. The number of hydrogen-bond donors (Lipinski definition) is 1. The number of amides is 2. The quantitative estimate of drug-likeness (QED) is 0.919. The second-order valence-corrected chi connectivity index (χ2v) is 6.33. The highest BCUT2D eigenvalue weighted by molar-refractivity contribution is 5.94. The van der Waals surface area contributed by atoms with Crippen molar-refractivity contribution in [1.82, 2.24) is 10.2 Å². The van der Waals surface area contributed by atoms with Gasteiger partial charge in [-0.25, -0.2) is 4.79 Å². The molecule has 0 unspecified atom stereocenters. The molecule has 1 saturated heterocycles. The van der Waals surface area contributed by atoms with Crippen LogP contribution in [0.5, 0.6) is 0 Å². The SMILES string of the molecule is O=C(N[C@H]1CCC1=O)OCc1ccc(C(=O)N2CCCCC2)cc1. The van der Waals surface area contributed by atoms with Crippen LogP contribution in [0.3, 0.4) is 0 Å². The number of nitrogens with zero attached hydrogens (tertiary/aromatic N) is 1. The first kappa shape index (κ1) is 16.5. The molecular formula is C18H22N2O4. The van der Waals surface area contributed by atoms with Gasteiger partial charge in [0.05, 0.1) is 6.04 Å². The first-order chi connectivity index (χ1) is 11.6. The minimum Gasteiger partial charge on any atom is -0.445 e. The van der Waals surface area contributed by atoms with Gasteiger partial charge in [0.1, 0.15) is 6.61 Å². The van der Waals surface area contributed by atoms with Crippen LogP contribution >= 0.6 is 0 Å². The van der Waals surface area contributed by atoms with E-state index in [2.05, 4.69) is 5.32 Å². The second-order valence-electron chi connectivity index (χ2n) is 6.33. The molecule has 1 N–H and O–H groups in total. The van der Waals surface area contributed by atoms with Crippen LogP contribution in [-0.4, -0.2) is 41.8 Å². The van der Waals surface area contributed by atoms with Crippen molar-refractivity contribution in [3.63, 3.8) is 0 Å². The van der Waals surface area contributed by atoms with E-state index in [0.717, 1.165) is 31.5 Å². The first-order valence-electron chi connectivity index (χ1n) is 8.48. The first-order valence-corrected chi connectivity index (χ1v) is 8.48. The molecule has 1 saturated carbocycles. The van der Waals surface area contributed by atoms with Crippen molar-refractivity contribution in [3.8, 4) is 0 Å². The summed E-state index contributed by atoms with van der Waals surface area (Å²) in [6, 6.07) is 6.73. The lowest BCUT2D eigenvalue weighted by Crippen LogP contribution is -2.47. The highest BCUT2D eigenvalue weighted by atomic mass is 16.5. The number of likely N-dealkylation sites (tertiary alicyclic amines) is 1. The van der Waals surface area contributed by atoms with Crippen LogP contribution in [0, 0.1) is 0 Å². The summed E-state index contributed by atoms with van der Waals surface area (Å²) >= 11 is 0. The van der Waals surface area contributed by atoms with E-state index in [4.69, 9.17) is 4.74 Å². The third kappa shape index (κ3) is 3.93. The van der Waals surface area contributed by atoms with Crippen molar-refractivity contribution < 1.29 is 19.1 Å². The van der Waals surface area contributed by atoms with Crippen molar-refractivity contribution >= 4 is 17.8 Å². The third-order valence-corrected chi connectivity index (χ3v) is 4.57. The molecule has 2 fully saturated rings. The number of nitrogens with one attached hydrogen (secondary N) is 1. The van der Waals surface area contributed by atoms with Crippen LogP contribution in [0.25, 0.3) is 0 Å². The maximum Gasteiger partial charge on any atom is 0.408 e. The van der Waals surface area contributed by atoms with E-state index in [-0.39, 0.29) is 24.3 Å². The van der Waals surface area contributed by atoms with E-state index >= 15 is 0 Å². The lowest BCUT2D eigenvalue weighted by Gasteiger charge is -2.26. The monoisotopic (exact) mass is 330 g/mol. The Kier molecular flexibility index (Phi) is 5.13. The minimum atomic E-state index is -0.582. The molecule has 0 bridgehead atoms. The van der Waals surface area contributed by atoms with Gasteiger partial charge in [0, 0.05) is 25.1 Å². The lowest BCUT2D eigenvalue weighted by molar-refractivity contribution is -0.126. The molecule has 24 heavy (non-hydrogen) atoms. The van der Waals surface area contributed by atoms with Gasteiger partial charge in [0.15, 0.2) is 5.78 Å². The molecule has 1 aromatic rings. The number of piperidine rings is 1. The van der Waals surface area contributed by atoms with E-state index in [1.54, 1.807) is 24.3 Å². The Morgan fingerprint density at radius 2 is 1.83 bits per heavy atom. The third-order valence-electron chi connectivity index (χ3n) is 4.57. The summed E-state index contributed by atoms with van der Waals surface area (Å²) < 4.78 is 5.10. The van der Waals surface area contributed by atoms with E-state index < -0.39 is 6.09 Å². The zero-order valence-corrected chi connectivity index (χ0v) is 13.6. The Morgan fingerprint density at radius 1 is 1.12 bits per heavy atom. The number of carbonyl (C=O) groups excluding carboxylic acids is 3. The Bertz CT molecular complexity index is 620. The average Bonchev–Trinajstić information content (AvgIpc) is 2.63. The molecule has 1 atom stereocenters. The molecule has 6 heteroatoms. The summed E-state index contributed by atoms with van der Waals surface area (Å²) in [5, 5.41) is 2.54. The number of Topliss-reactive ketones (excluding diaryl/α,β-unsaturated/α-hetero) is 1. The molecule has 1 aromatic carbocycles. The fraction of sp³-hybridized carbons (Fsp3) is 0.500. The van der Waals surface area contributed by atoms with Crippen LogP contribution < -0.4 is 5.32 Å². The van der Waals surface area contributed by atoms with Gasteiger partial charge < -0.3 is 15.0 Å². The van der Waals surface area contributed by atoms with Crippen molar-refractivity contribution in [3.05, 3.63) is 35.4 Å². The lowest BCUT2D eigenvalue weighted by atomic mass is 9.91. The number of benzene rings is 1. The smallest absolute Gasteiger partial charge is 0.408 e. The molecule has 128 valence electrons. The highest BCUT2D eigenvalue weighted by Gasteiger charge is 2.29. The van der Waals surface area contributed by atoms with E-state index in [9.17, 15) is 14.4 Å². The number of rotatable bonds is 4. The molecule has 0 spiro atoms. The molecule has 6 nitrogen and oxygen atoms in total. The molecule has 2 aliphatic rings. The van der Waals surface area contributed by atoms with Crippen molar-refractivity contribution in [2.75, 3.05) is 13.1 Å². The zero-order chi connectivity index (χ0) is 16.9. The van der Waals surface area contributed by atoms with Crippen LogP contribution in [0.4, 0.5) is 4.79 Å². The molecule has 3 rings (SSSR count). The van der Waals surface area contributed by atoms with Crippen molar-refractivity contribution in [1.29, 1.82) is 0 Å². The van der Waals surface area contributed by atoms with Gasteiger partial charge in [0.25, 0.3) is 5.91 Å².